The maximum absolute atomic E-state index is 13.2. The van der Waals surface area contributed by atoms with E-state index in [9.17, 15) is 13.2 Å². The van der Waals surface area contributed by atoms with Crippen LogP contribution < -0.4 is 0 Å². The lowest BCUT2D eigenvalue weighted by atomic mass is 9.88. The molecule has 2 aromatic heterocycles. The summed E-state index contributed by atoms with van der Waals surface area (Å²) in [6, 6.07) is 1.54. The number of alkyl halides is 3. The van der Waals surface area contributed by atoms with Gasteiger partial charge in [-0.2, -0.15) is 18.3 Å². The first-order valence-corrected chi connectivity index (χ1v) is 5.64. The molecule has 0 aliphatic carbocycles. The third kappa shape index (κ3) is 2.59. The fourth-order valence-corrected chi connectivity index (χ4v) is 1.74. The topological polar surface area (TPSA) is 54.5 Å². The second kappa shape index (κ2) is 4.32. The van der Waals surface area contributed by atoms with Gasteiger partial charge in [0.25, 0.3) is 0 Å². The van der Waals surface area contributed by atoms with Crippen LogP contribution in [0.15, 0.2) is 18.5 Å². The normalized spacial score (nSPS) is 12.7. The van der Waals surface area contributed by atoms with Gasteiger partial charge in [-0.1, -0.05) is 20.8 Å². The van der Waals surface area contributed by atoms with Gasteiger partial charge in [0, 0.05) is 17.8 Å². The molecule has 2 aromatic rings. The summed E-state index contributed by atoms with van der Waals surface area (Å²) in [5, 5.41) is 6.22. The van der Waals surface area contributed by atoms with Crippen LogP contribution >= 0.6 is 0 Å². The molecule has 102 valence electrons. The Labute approximate surface area is 108 Å². The van der Waals surface area contributed by atoms with Gasteiger partial charge in [0.15, 0.2) is 5.82 Å². The van der Waals surface area contributed by atoms with E-state index in [-0.39, 0.29) is 17.2 Å². The van der Waals surface area contributed by atoms with Gasteiger partial charge >= 0.3 is 6.18 Å². The third-order valence-corrected chi connectivity index (χ3v) is 2.58. The Balaban J connectivity index is 2.68. The Morgan fingerprint density at radius 3 is 2.11 bits per heavy atom. The Kier molecular flexibility index (Phi) is 3.07. The number of nitrogens with one attached hydrogen (secondary N) is 1. The molecule has 0 aromatic carbocycles. The quantitative estimate of drug-likeness (QED) is 0.865. The molecule has 4 nitrogen and oxygen atoms in total. The summed E-state index contributed by atoms with van der Waals surface area (Å²) in [6.07, 6.45) is -1.74. The fraction of sp³-hybridized carbons (Fsp3) is 0.417. The lowest BCUT2D eigenvalue weighted by molar-refractivity contribution is -0.138. The van der Waals surface area contributed by atoms with Gasteiger partial charge in [-0.15, -0.1) is 0 Å². The minimum atomic E-state index is -4.51. The van der Waals surface area contributed by atoms with E-state index in [1.54, 1.807) is 20.8 Å². The lowest BCUT2D eigenvalue weighted by Gasteiger charge is -2.19. The van der Waals surface area contributed by atoms with Crippen LogP contribution in [0.25, 0.3) is 11.5 Å². The first-order valence-electron chi connectivity index (χ1n) is 5.64. The van der Waals surface area contributed by atoms with Crippen molar-refractivity contribution in [2.45, 2.75) is 32.4 Å². The summed E-state index contributed by atoms with van der Waals surface area (Å²) in [4.78, 5) is 7.65. The summed E-state index contributed by atoms with van der Waals surface area (Å²) in [6.45, 7) is 5.06. The first-order chi connectivity index (χ1) is 8.71. The number of hydrogen-bond donors (Lipinski definition) is 1. The van der Waals surface area contributed by atoms with E-state index in [0.717, 1.165) is 0 Å². The SMILES string of the molecule is CC(C)(C)c1[nH]nc(-c2ncccn2)c1C(F)(F)F. The van der Waals surface area contributed by atoms with Gasteiger partial charge in [-0.25, -0.2) is 9.97 Å². The van der Waals surface area contributed by atoms with Crippen LogP contribution in [0.3, 0.4) is 0 Å². The van der Waals surface area contributed by atoms with Crippen LogP contribution in [-0.4, -0.2) is 20.2 Å². The number of halogens is 3. The van der Waals surface area contributed by atoms with Crippen LogP contribution in [0, 0.1) is 0 Å². The summed E-state index contributed by atoms with van der Waals surface area (Å²) in [5.41, 5.74) is -1.74. The van der Waals surface area contributed by atoms with Gasteiger partial charge in [0.1, 0.15) is 11.3 Å². The highest BCUT2D eigenvalue weighted by molar-refractivity contribution is 5.58. The zero-order valence-electron chi connectivity index (χ0n) is 10.7. The van der Waals surface area contributed by atoms with Crippen molar-refractivity contribution in [2.24, 2.45) is 0 Å². The number of aromatic amines is 1. The van der Waals surface area contributed by atoms with Crippen LogP contribution in [-0.2, 0) is 11.6 Å². The molecular weight excluding hydrogens is 257 g/mol. The molecule has 0 saturated heterocycles. The van der Waals surface area contributed by atoms with Crippen LogP contribution in [0.4, 0.5) is 13.2 Å². The largest absolute Gasteiger partial charge is 0.420 e. The monoisotopic (exact) mass is 270 g/mol. The summed E-state index contributed by atoms with van der Waals surface area (Å²) in [7, 11) is 0. The number of H-pyrrole nitrogens is 1. The van der Waals surface area contributed by atoms with Crippen molar-refractivity contribution in [3.8, 4) is 11.5 Å². The highest BCUT2D eigenvalue weighted by Crippen LogP contribution is 2.40. The Morgan fingerprint density at radius 2 is 1.63 bits per heavy atom. The molecule has 0 fully saturated rings. The van der Waals surface area contributed by atoms with E-state index in [0.29, 0.717) is 0 Å². The molecule has 1 N–H and O–H groups in total. The van der Waals surface area contributed by atoms with Crippen molar-refractivity contribution in [3.05, 3.63) is 29.7 Å². The van der Waals surface area contributed by atoms with Crippen LogP contribution in [0.1, 0.15) is 32.0 Å². The smallest absolute Gasteiger partial charge is 0.281 e. The molecule has 19 heavy (non-hydrogen) atoms. The second-order valence-electron chi connectivity index (χ2n) is 5.14. The molecule has 0 aliphatic heterocycles. The minimum absolute atomic E-state index is 0.0300. The number of hydrogen-bond acceptors (Lipinski definition) is 3. The van der Waals surface area contributed by atoms with Crippen LogP contribution in [0.5, 0.6) is 0 Å². The van der Waals surface area contributed by atoms with Gasteiger partial charge in [0.05, 0.1) is 5.69 Å². The van der Waals surface area contributed by atoms with Crippen molar-refractivity contribution >= 4 is 0 Å². The zero-order valence-corrected chi connectivity index (χ0v) is 10.7. The molecule has 0 radical (unpaired) electrons. The standard InChI is InChI=1S/C12H13F3N4/c1-11(2,3)9-7(12(13,14)15)8(18-19-9)10-16-5-4-6-17-10/h4-6H,1-3H3,(H,18,19). The molecule has 7 heteroatoms. The average molecular weight is 270 g/mol. The van der Waals surface area contributed by atoms with E-state index in [1.165, 1.54) is 18.5 Å². The number of nitrogens with zero attached hydrogens (tertiary/aromatic N) is 3. The minimum Gasteiger partial charge on any atom is -0.281 e. The number of rotatable bonds is 1. The van der Waals surface area contributed by atoms with E-state index in [1.807, 2.05) is 0 Å². The van der Waals surface area contributed by atoms with Crippen molar-refractivity contribution in [2.75, 3.05) is 0 Å². The summed E-state index contributed by atoms with van der Waals surface area (Å²) < 4.78 is 39.7. The summed E-state index contributed by atoms with van der Waals surface area (Å²) >= 11 is 0. The Bertz CT molecular complexity index is 567. The first kappa shape index (κ1) is 13.5. The third-order valence-electron chi connectivity index (χ3n) is 2.58. The molecule has 0 saturated carbocycles. The Morgan fingerprint density at radius 1 is 1.05 bits per heavy atom. The maximum atomic E-state index is 13.2. The van der Waals surface area contributed by atoms with Gasteiger partial charge < -0.3 is 0 Å². The number of aromatic nitrogens is 4. The van der Waals surface area contributed by atoms with Crippen molar-refractivity contribution in [3.63, 3.8) is 0 Å². The predicted molar refractivity (Wildman–Crippen MR) is 63.3 cm³/mol. The molecule has 0 spiro atoms. The molecule has 0 amide bonds. The molecule has 2 heterocycles. The lowest BCUT2D eigenvalue weighted by Crippen LogP contribution is -2.19. The van der Waals surface area contributed by atoms with E-state index < -0.39 is 17.2 Å². The van der Waals surface area contributed by atoms with Gasteiger partial charge in [-0.3, -0.25) is 5.10 Å². The predicted octanol–water partition coefficient (Wildman–Crippen LogP) is 3.18. The highest BCUT2D eigenvalue weighted by Gasteiger charge is 2.42. The molecular formula is C12H13F3N4. The maximum Gasteiger partial charge on any atom is 0.420 e. The zero-order chi connectivity index (χ0) is 14.3. The fourth-order valence-electron chi connectivity index (χ4n) is 1.74. The molecule has 0 atom stereocenters. The second-order valence-corrected chi connectivity index (χ2v) is 5.14. The van der Waals surface area contributed by atoms with E-state index in [2.05, 4.69) is 20.2 Å². The van der Waals surface area contributed by atoms with E-state index in [4.69, 9.17) is 0 Å². The summed E-state index contributed by atoms with van der Waals surface area (Å²) in [5.74, 6) is -0.0402. The van der Waals surface area contributed by atoms with Crippen molar-refractivity contribution in [1.29, 1.82) is 0 Å². The Hall–Kier alpha value is -1.92. The van der Waals surface area contributed by atoms with Crippen molar-refractivity contribution in [1.82, 2.24) is 20.2 Å². The van der Waals surface area contributed by atoms with E-state index >= 15 is 0 Å². The van der Waals surface area contributed by atoms with Crippen molar-refractivity contribution < 1.29 is 13.2 Å². The van der Waals surface area contributed by atoms with Crippen LogP contribution in [0.2, 0.25) is 0 Å². The molecule has 0 bridgehead atoms. The van der Waals surface area contributed by atoms with Gasteiger partial charge in [-0.05, 0) is 6.07 Å². The molecule has 0 unspecified atom stereocenters. The highest BCUT2D eigenvalue weighted by atomic mass is 19.4. The molecule has 0 aliphatic rings. The average Bonchev–Trinajstić information content (AvgIpc) is 2.74. The molecule has 2 rings (SSSR count). The van der Waals surface area contributed by atoms with Gasteiger partial charge in [0.2, 0.25) is 0 Å².